The highest BCUT2D eigenvalue weighted by atomic mass is 16.7. The van der Waals surface area contributed by atoms with Crippen LogP contribution in [0.2, 0.25) is 0 Å². The van der Waals surface area contributed by atoms with Crippen molar-refractivity contribution in [1.82, 2.24) is 9.80 Å². The maximum absolute atomic E-state index is 13.6. The molecule has 0 radical (unpaired) electrons. The largest absolute Gasteiger partial charge is 0.496 e. The second-order valence-corrected chi connectivity index (χ2v) is 10.9. The number of carboxylic acids is 1. The monoisotopic (exact) mass is 552 g/mol. The maximum atomic E-state index is 13.6. The van der Waals surface area contributed by atoms with Crippen molar-refractivity contribution in [2.45, 2.75) is 70.8 Å². The lowest BCUT2D eigenvalue weighted by Crippen LogP contribution is -2.44. The van der Waals surface area contributed by atoms with Crippen LogP contribution in [0.4, 0.5) is 0 Å². The molecule has 1 fully saturated rings. The number of ether oxygens (including phenoxy) is 3. The number of fused-ring (bicyclic) bond motifs is 1. The molecule has 2 heterocycles. The average Bonchev–Trinajstić information content (AvgIpc) is 3.57. The van der Waals surface area contributed by atoms with Crippen LogP contribution in [0.3, 0.4) is 0 Å². The SMILES string of the molecule is CCCCN(CCCC)C(=O)CN1C[C@H](c2ccc3c(c2)OCO3)[C@@H](C(=O)O)[C@@H]1CCCc1ccccc1OC. The fourth-order valence-electron chi connectivity index (χ4n) is 6.08. The van der Waals surface area contributed by atoms with Gasteiger partial charge in [-0.25, -0.2) is 0 Å². The highest BCUT2D eigenvalue weighted by Crippen LogP contribution is 2.43. The maximum Gasteiger partial charge on any atom is 0.308 e. The van der Waals surface area contributed by atoms with Crippen LogP contribution in [0, 0.1) is 5.92 Å². The van der Waals surface area contributed by atoms with Crippen molar-refractivity contribution in [3.63, 3.8) is 0 Å². The number of hydrogen-bond donors (Lipinski definition) is 1. The number of nitrogens with zero attached hydrogens (tertiary/aromatic N) is 2. The minimum absolute atomic E-state index is 0.0899. The number of para-hydroxylation sites is 1. The van der Waals surface area contributed by atoms with Gasteiger partial charge in [-0.2, -0.15) is 0 Å². The Morgan fingerprint density at radius 3 is 2.45 bits per heavy atom. The summed E-state index contributed by atoms with van der Waals surface area (Å²) in [6, 6.07) is 13.4. The zero-order valence-electron chi connectivity index (χ0n) is 24.1. The van der Waals surface area contributed by atoms with Crippen LogP contribution < -0.4 is 14.2 Å². The van der Waals surface area contributed by atoms with Gasteiger partial charge in [0.05, 0.1) is 19.6 Å². The summed E-state index contributed by atoms with van der Waals surface area (Å²) in [5, 5.41) is 10.5. The van der Waals surface area contributed by atoms with E-state index in [1.54, 1.807) is 7.11 Å². The molecule has 0 unspecified atom stereocenters. The van der Waals surface area contributed by atoms with E-state index in [2.05, 4.69) is 24.8 Å². The number of rotatable bonds is 15. The topological polar surface area (TPSA) is 88.5 Å². The van der Waals surface area contributed by atoms with E-state index in [-0.39, 0.29) is 31.2 Å². The summed E-state index contributed by atoms with van der Waals surface area (Å²) in [6.45, 7) is 6.67. The fraction of sp³-hybridized carbons (Fsp3) is 0.562. The lowest BCUT2D eigenvalue weighted by molar-refractivity contribution is -0.143. The molecule has 2 aliphatic rings. The molecule has 4 rings (SSSR count). The fourth-order valence-corrected chi connectivity index (χ4v) is 6.08. The molecule has 3 atom stereocenters. The zero-order valence-corrected chi connectivity index (χ0v) is 24.1. The Labute approximate surface area is 238 Å². The molecule has 0 aromatic heterocycles. The number of hydrogen-bond acceptors (Lipinski definition) is 6. The van der Waals surface area contributed by atoms with Gasteiger partial charge in [-0.05, 0) is 61.4 Å². The Morgan fingerprint density at radius 2 is 1.75 bits per heavy atom. The Hall–Kier alpha value is -3.26. The standard InChI is InChI=1S/C32H44N2O6/c1-4-6-17-33(18-7-5-2)30(35)21-34-20-25(24-15-16-28-29(19-24)40-22-39-28)31(32(36)37)26(34)13-10-12-23-11-8-9-14-27(23)38-3/h8-9,11,14-16,19,25-26,31H,4-7,10,12-13,17-18,20-22H2,1-3H3,(H,36,37)/t25-,26+,31-/m1/s1. The molecule has 0 spiro atoms. The molecule has 1 N–H and O–H groups in total. The van der Waals surface area contributed by atoms with E-state index in [1.165, 1.54) is 0 Å². The van der Waals surface area contributed by atoms with Crippen LogP contribution >= 0.6 is 0 Å². The van der Waals surface area contributed by atoms with Gasteiger partial charge in [0.15, 0.2) is 11.5 Å². The third kappa shape index (κ3) is 7.08. The van der Waals surface area contributed by atoms with E-state index in [1.807, 2.05) is 41.3 Å². The molecule has 2 aromatic carbocycles. The predicted molar refractivity (Wildman–Crippen MR) is 154 cm³/mol. The molecule has 8 nitrogen and oxygen atoms in total. The van der Waals surface area contributed by atoms with E-state index in [0.717, 1.165) is 68.5 Å². The smallest absolute Gasteiger partial charge is 0.308 e. The summed E-state index contributed by atoms with van der Waals surface area (Å²) in [7, 11) is 1.67. The normalized spacial score (nSPS) is 20.0. The quantitative estimate of drug-likeness (QED) is 0.319. The molecule has 0 aliphatic carbocycles. The van der Waals surface area contributed by atoms with Crippen LogP contribution in [-0.2, 0) is 16.0 Å². The number of carbonyl (C=O) groups is 2. The minimum atomic E-state index is -0.825. The van der Waals surface area contributed by atoms with E-state index >= 15 is 0 Å². The van der Waals surface area contributed by atoms with Crippen LogP contribution in [0.5, 0.6) is 17.2 Å². The molecule has 0 saturated carbocycles. The summed E-state index contributed by atoms with van der Waals surface area (Å²) < 4.78 is 16.6. The number of aliphatic carboxylic acids is 1. The number of likely N-dealkylation sites (tertiary alicyclic amines) is 1. The summed E-state index contributed by atoms with van der Waals surface area (Å²) in [4.78, 5) is 30.5. The zero-order chi connectivity index (χ0) is 28.5. The Balaban J connectivity index is 1.57. The minimum Gasteiger partial charge on any atom is -0.496 e. The molecule has 8 heteroatoms. The molecule has 1 amide bonds. The Morgan fingerprint density at radius 1 is 1.02 bits per heavy atom. The Bertz CT molecular complexity index is 1130. The molecule has 0 bridgehead atoms. The molecule has 218 valence electrons. The molecule has 1 saturated heterocycles. The first-order valence-electron chi connectivity index (χ1n) is 14.7. The molecular weight excluding hydrogens is 508 g/mol. The van der Waals surface area contributed by atoms with Gasteiger partial charge in [0.1, 0.15) is 5.75 Å². The van der Waals surface area contributed by atoms with Crippen LogP contribution in [0.25, 0.3) is 0 Å². The molecule has 40 heavy (non-hydrogen) atoms. The summed E-state index contributed by atoms with van der Waals surface area (Å²) in [6.07, 6.45) is 6.24. The van der Waals surface area contributed by atoms with Crippen LogP contribution in [-0.4, -0.2) is 72.9 Å². The molecular formula is C32H44N2O6. The van der Waals surface area contributed by atoms with E-state index in [0.29, 0.717) is 24.5 Å². The number of amides is 1. The van der Waals surface area contributed by atoms with Gasteiger partial charge < -0.3 is 24.2 Å². The third-order valence-corrected chi connectivity index (χ3v) is 8.25. The number of carboxylic acid groups (broad SMARTS) is 1. The Kier molecular flexibility index (Phi) is 10.7. The van der Waals surface area contributed by atoms with Gasteiger partial charge in [-0.3, -0.25) is 14.5 Å². The number of benzene rings is 2. The second kappa shape index (κ2) is 14.4. The van der Waals surface area contributed by atoms with Crippen molar-refractivity contribution < 1.29 is 28.9 Å². The van der Waals surface area contributed by atoms with Crippen molar-refractivity contribution in [3.05, 3.63) is 53.6 Å². The van der Waals surface area contributed by atoms with Crippen molar-refractivity contribution in [3.8, 4) is 17.2 Å². The number of aryl methyl sites for hydroxylation is 1. The van der Waals surface area contributed by atoms with Gasteiger partial charge in [0, 0.05) is 31.6 Å². The van der Waals surface area contributed by atoms with Gasteiger partial charge >= 0.3 is 5.97 Å². The van der Waals surface area contributed by atoms with Gasteiger partial charge in [0.2, 0.25) is 12.7 Å². The first-order valence-corrected chi connectivity index (χ1v) is 14.7. The predicted octanol–water partition coefficient (Wildman–Crippen LogP) is 5.34. The molecule has 2 aliphatic heterocycles. The van der Waals surface area contributed by atoms with Gasteiger partial charge in [-0.15, -0.1) is 0 Å². The van der Waals surface area contributed by atoms with Crippen molar-refractivity contribution >= 4 is 11.9 Å². The summed E-state index contributed by atoms with van der Waals surface area (Å²) >= 11 is 0. The number of carbonyl (C=O) groups excluding carboxylic acids is 1. The second-order valence-electron chi connectivity index (χ2n) is 10.9. The first-order chi connectivity index (χ1) is 19.5. The lowest BCUT2D eigenvalue weighted by atomic mass is 9.83. The average molecular weight is 553 g/mol. The van der Waals surface area contributed by atoms with E-state index in [9.17, 15) is 14.7 Å². The van der Waals surface area contributed by atoms with Crippen molar-refractivity contribution in [1.29, 1.82) is 0 Å². The van der Waals surface area contributed by atoms with Crippen LogP contribution in [0.1, 0.15) is 69.4 Å². The van der Waals surface area contributed by atoms with Gasteiger partial charge in [0.25, 0.3) is 0 Å². The number of methoxy groups -OCH3 is 1. The van der Waals surface area contributed by atoms with Crippen molar-refractivity contribution in [2.75, 3.05) is 40.1 Å². The van der Waals surface area contributed by atoms with E-state index < -0.39 is 11.9 Å². The lowest BCUT2D eigenvalue weighted by Gasteiger charge is -2.30. The third-order valence-electron chi connectivity index (χ3n) is 8.25. The van der Waals surface area contributed by atoms with Gasteiger partial charge in [-0.1, -0.05) is 51.0 Å². The number of unbranched alkanes of at least 4 members (excludes halogenated alkanes) is 2. The van der Waals surface area contributed by atoms with Crippen molar-refractivity contribution in [2.24, 2.45) is 5.92 Å². The van der Waals surface area contributed by atoms with E-state index in [4.69, 9.17) is 14.2 Å². The molecule has 2 aromatic rings. The van der Waals surface area contributed by atoms with Crippen LogP contribution in [0.15, 0.2) is 42.5 Å². The summed E-state index contributed by atoms with van der Waals surface area (Å²) in [5.74, 6) is 0.546. The highest BCUT2D eigenvalue weighted by Gasteiger charge is 2.47. The highest BCUT2D eigenvalue weighted by molar-refractivity contribution is 5.79. The first kappa shape index (κ1) is 29.7. The summed E-state index contributed by atoms with van der Waals surface area (Å²) in [5.41, 5.74) is 2.02.